The zero-order valence-corrected chi connectivity index (χ0v) is 12.8. The van der Waals surface area contributed by atoms with E-state index in [1.54, 1.807) is 0 Å². The van der Waals surface area contributed by atoms with Gasteiger partial charge in [-0.25, -0.2) is 13.1 Å². The third-order valence-corrected chi connectivity index (χ3v) is 5.25. The van der Waals surface area contributed by atoms with Gasteiger partial charge in [0.25, 0.3) is 0 Å². The fourth-order valence-electron chi connectivity index (χ4n) is 2.37. The Morgan fingerprint density at radius 2 is 2.00 bits per heavy atom. The van der Waals surface area contributed by atoms with Crippen LogP contribution in [0.3, 0.4) is 0 Å². The summed E-state index contributed by atoms with van der Waals surface area (Å²) < 4.78 is 65.6. The quantitative estimate of drug-likeness (QED) is 0.838. The average molecular weight is 337 g/mol. The summed E-state index contributed by atoms with van der Waals surface area (Å²) in [6, 6.07) is 2.53. The fourth-order valence-corrected chi connectivity index (χ4v) is 3.73. The highest BCUT2D eigenvalue weighted by atomic mass is 32.2. The second-order valence-corrected chi connectivity index (χ2v) is 7.27. The SMILES string of the molecule is Cc1ccc(S(=O)(=O)NC(CCO)C2CC2)cc1C(F)(F)F. The van der Waals surface area contributed by atoms with Gasteiger partial charge in [0.2, 0.25) is 10.0 Å². The first-order valence-electron chi connectivity index (χ1n) is 6.96. The number of hydrogen-bond donors (Lipinski definition) is 2. The van der Waals surface area contributed by atoms with E-state index < -0.39 is 32.7 Å². The van der Waals surface area contributed by atoms with Crippen molar-refractivity contribution in [2.75, 3.05) is 6.61 Å². The Bertz CT molecular complexity index is 639. The molecule has 1 atom stereocenters. The number of rotatable bonds is 6. The highest BCUT2D eigenvalue weighted by molar-refractivity contribution is 7.89. The van der Waals surface area contributed by atoms with Crippen LogP contribution in [-0.2, 0) is 16.2 Å². The molecule has 0 saturated heterocycles. The fraction of sp³-hybridized carbons (Fsp3) is 0.571. The maximum atomic E-state index is 12.9. The van der Waals surface area contributed by atoms with Crippen LogP contribution in [0.4, 0.5) is 13.2 Å². The minimum atomic E-state index is -4.60. The molecule has 1 aliphatic rings. The van der Waals surface area contributed by atoms with Crippen LogP contribution in [0.1, 0.15) is 30.4 Å². The van der Waals surface area contributed by atoms with Crippen molar-refractivity contribution < 1.29 is 26.7 Å². The predicted molar refractivity (Wildman–Crippen MR) is 74.7 cm³/mol. The second kappa shape index (κ2) is 6.17. The number of halogens is 3. The minimum absolute atomic E-state index is 0.0273. The van der Waals surface area contributed by atoms with Crippen molar-refractivity contribution in [1.82, 2.24) is 4.72 Å². The maximum Gasteiger partial charge on any atom is 0.416 e. The van der Waals surface area contributed by atoms with Gasteiger partial charge >= 0.3 is 6.18 Å². The van der Waals surface area contributed by atoms with E-state index in [0.717, 1.165) is 25.0 Å². The summed E-state index contributed by atoms with van der Waals surface area (Å²) in [4.78, 5) is -0.408. The van der Waals surface area contributed by atoms with Crippen molar-refractivity contribution in [3.8, 4) is 0 Å². The number of nitrogens with one attached hydrogen (secondary N) is 1. The van der Waals surface area contributed by atoms with E-state index >= 15 is 0 Å². The normalized spacial score (nSPS) is 17.5. The molecule has 0 bridgehead atoms. The van der Waals surface area contributed by atoms with Crippen molar-refractivity contribution in [3.63, 3.8) is 0 Å². The van der Waals surface area contributed by atoms with E-state index in [9.17, 15) is 21.6 Å². The molecular formula is C14H18F3NO3S. The Labute approximate surface area is 127 Å². The lowest BCUT2D eigenvalue weighted by atomic mass is 10.1. The number of aliphatic hydroxyl groups excluding tert-OH is 1. The molecule has 0 radical (unpaired) electrons. The highest BCUT2D eigenvalue weighted by Gasteiger charge is 2.36. The van der Waals surface area contributed by atoms with E-state index in [-0.39, 0.29) is 24.5 Å². The summed E-state index contributed by atoms with van der Waals surface area (Å²) in [6.07, 6.45) is -2.64. The molecule has 1 unspecified atom stereocenters. The molecular weight excluding hydrogens is 319 g/mol. The largest absolute Gasteiger partial charge is 0.416 e. The van der Waals surface area contributed by atoms with Gasteiger partial charge in [-0.05, 0) is 49.8 Å². The smallest absolute Gasteiger partial charge is 0.396 e. The van der Waals surface area contributed by atoms with E-state index in [4.69, 9.17) is 5.11 Å². The Hall–Kier alpha value is -1.12. The monoisotopic (exact) mass is 337 g/mol. The zero-order chi connectivity index (χ0) is 16.5. The van der Waals surface area contributed by atoms with Crippen LogP contribution < -0.4 is 4.72 Å². The van der Waals surface area contributed by atoms with Gasteiger partial charge in [-0.1, -0.05) is 6.07 Å². The van der Waals surface area contributed by atoms with E-state index in [2.05, 4.69) is 4.72 Å². The van der Waals surface area contributed by atoms with Gasteiger partial charge in [0.1, 0.15) is 0 Å². The molecule has 2 rings (SSSR count). The summed E-state index contributed by atoms with van der Waals surface area (Å²) in [5.74, 6) is 0.148. The molecule has 1 aromatic carbocycles. The molecule has 1 aromatic rings. The number of aliphatic hydroxyl groups is 1. The Morgan fingerprint density at radius 1 is 1.36 bits per heavy atom. The Morgan fingerprint density at radius 3 is 2.50 bits per heavy atom. The van der Waals surface area contributed by atoms with Crippen molar-refractivity contribution in [3.05, 3.63) is 29.3 Å². The van der Waals surface area contributed by atoms with Crippen LogP contribution in [0.15, 0.2) is 23.1 Å². The van der Waals surface area contributed by atoms with Crippen LogP contribution in [0.2, 0.25) is 0 Å². The average Bonchev–Trinajstić information content (AvgIpc) is 3.21. The van der Waals surface area contributed by atoms with Crippen LogP contribution in [0.25, 0.3) is 0 Å². The number of benzene rings is 1. The lowest BCUT2D eigenvalue weighted by Crippen LogP contribution is -2.37. The molecule has 4 nitrogen and oxygen atoms in total. The Balaban J connectivity index is 2.29. The summed E-state index contributed by atoms with van der Waals surface area (Å²) in [5.41, 5.74) is -0.985. The number of alkyl halides is 3. The van der Waals surface area contributed by atoms with Gasteiger partial charge in [-0.15, -0.1) is 0 Å². The number of hydrogen-bond acceptors (Lipinski definition) is 3. The van der Waals surface area contributed by atoms with Gasteiger partial charge < -0.3 is 5.11 Å². The first kappa shape index (κ1) is 17.2. The first-order chi connectivity index (χ1) is 10.1. The molecule has 8 heteroatoms. The van der Waals surface area contributed by atoms with E-state index in [1.165, 1.54) is 6.92 Å². The number of sulfonamides is 1. The number of aryl methyl sites for hydroxylation is 1. The maximum absolute atomic E-state index is 12.9. The second-order valence-electron chi connectivity index (χ2n) is 5.55. The molecule has 0 aromatic heterocycles. The third-order valence-electron chi connectivity index (χ3n) is 3.76. The molecule has 1 fully saturated rings. The molecule has 1 aliphatic carbocycles. The Kier molecular flexibility index (Phi) is 4.84. The van der Waals surface area contributed by atoms with Crippen molar-refractivity contribution >= 4 is 10.0 Å². The topological polar surface area (TPSA) is 66.4 Å². The summed E-state index contributed by atoms with van der Waals surface area (Å²) in [5, 5.41) is 8.98. The molecule has 22 heavy (non-hydrogen) atoms. The lowest BCUT2D eigenvalue weighted by molar-refractivity contribution is -0.138. The van der Waals surface area contributed by atoms with Gasteiger partial charge in [0, 0.05) is 12.6 Å². The van der Waals surface area contributed by atoms with Gasteiger partial charge in [-0.3, -0.25) is 0 Å². The van der Waals surface area contributed by atoms with Gasteiger partial charge in [-0.2, -0.15) is 13.2 Å². The van der Waals surface area contributed by atoms with Crippen LogP contribution >= 0.6 is 0 Å². The molecule has 1 saturated carbocycles. The van der Waals surface area contributed by atoms with Crippen molar-refractivity contribution in [2.45, 2.75) is 43.3 Å². The van der Waals surface area contributed by atoms with Crippen LogP contribution in [0, 0.1) is 12.8 Å². The van der Waals surface area contributed by atoms with Crippen molar-refractivity contribution in [2.24, 2.45) is 5.92 Å². The zero-order valence-electron chi connectivity index (χ0n) is 12.0. The molecule has 0 heterocycles. The van der Waals surface area contributed by atoms with Gasteiger partial charge in [0.15, 0.2) is 0 Å². The third kappa shape index (κ3) is 3.99. The standard InChI is InChI=1S/C14H18F3NO3S/c1-9-2-5-11(8-12(9)14(15,16)17)22(20,21)18-13(6-7-19)10-3-4-10/h2,5,8,10,13,18-19H,3-4,6-7H2,1H3. The summed E-state index contributed by atoms with van der Waals surface area (Å²) >= 11 is 0. The lowest BCUT2D eigenvalue weighted by Gasteiger charge is -2.18. The minimum Gasteiger partial charge on any atom is -0.396 e. The van der Waals surface area contributed by atoms with E-state index in [1.807, 2.05) is 0 Å². The first-order valence-corrected chi connectivity index (χ1v) is 8.44. The molecule has 0 aliphatic heterocycles. The molecule has 2 N–H and O–H groups in total. The van der Waals surface area contributed by atoms with E-state index in [0.29, 0.717) is 6.07 Å². The van der Waals surface area contributed by atoms with Crippen molar-refractivity contribution in [1.29, 1.82) is 0 Å². The highest BCUT2D eigenvalue weighted by Crippen LogP contribution is 2.36. The molecule has 124 valence electrons. The molecule has 0 amide bonds. The summed E-state index contributed by atoms with van der Waals surface area (Å²) in [6.45, 7) is 1.11. The van der Waals surface area contributed by atoms with Crippen LogP contribution in [0.5, 0.6) is 0 Å². The van der Waals surface area contributed by atoms with Crippen LogP contribution in [-0.4, -0.2) is 26.2 Å². The summed E-state index contributed by atoms with van der Waals surface area (Å²) in [7, 11) is -4.05. The predicted octanol–water partition coefficient (Wildman–Crippen LogP) is 2.45. The molecule has 0 spiro atoms. The van der Waals surface area contributed by atoms with Gasteiger partial charge in [0.05, 0.1) is 10.5 Å².